The van der Waals surface area contributed by atoms with Crippen molar-refractivity contribution in [2.75, 3.05) is 0 Å². The van der Waals surface area contributed by atoms with Crippen LogP contribution in [0.15, 0.2) is 87.9 Å². The first-order valence-corrected chi connectivity index (χ1v) is 9.45. The number of ether oxygens (including phenoxy) is 1. The van der Waals surface area contributed by atoms with Gasteiger partial charge in [0.2, 0.25) is 0 Å². The van der Waals surface area contributed by atoms with E-state index in [4.69, 9.17) is 4.74 Å². The minimum Gasteiger partial charge on any atom is -0.508 e. The zero-order valence-corrected chi connectivity index (χ0v) is 16.6. The Morgan fingerprint density at radius 2 is 1.84 bits per heavy atom. The number of phenolic OH excluding ortho intramolecular Hbond substituents is 1. The van der Waals surface area contributed by atoms with Crippen LogP contribution in [0.25, 0.3) is 5.65 Å². The van der Waals surface area contributed by atoms with Gasteiger partial charge in [-0.1, -0.05) is 18.2 Å². The Bertz CT molecular complexity index is 1340. The number of azo groups is 1. The van der Waals surface area contributed by atoms with E-state index in [1.54, 1.807) is 48.7 Å². The number of carbonyl (C=O) groups is 1. The van der Waals surface area contributed by atoms with Gasteiger partial charge in [-0.15, -0.1) is 5.11 Å². The van der Waals surface area contributed by atoms with Gasteiger partial charge in [0, 0.05) is 12.3 Å². The molecule has 0 amide bonds. The van der Waals surface area contributed by atoms with Gasteiger partial charge in [-0.25, -0.2) is 9.78 Å². The summed E-state index contributed by atoms with van der Waals surface area (Å²) in [6.45, 7) is 1.74. The fourth-order valence-corrected chi connectivity index (χ4v) is 2.91. The van der Waals surface area contributed by atoms with Crippen LogP contribution in [-0.4, -0.2) is 20.5 Å². The zero-order chi connectivity index (χ0) is 21.8. The lowest BCUT2D eigenvalue weighted by Gasteiger charge is -2.08. The molecule has 4 rings (SSSR count). The summed E-state index contributed by atoms with van der Waals surface area (Å²) in [7, 11) is 0. The molecule has 0 fully saturated rings. The molecule has 0 bridgehead atoms. The molecule has 0 aliphatic carbocycles. The van der Waals surface area contributed by atoms with Gasteiger partial charge in [-0.05, 0) is 55.0 Å². The number of hydrogen-bond donors (Lipinski definition) is 1. The smallest absolute Gasteiger partial charge is 0.340 e. The predicted molar refractivity (Wildman–Crippen MR) is 114 cm³/mol. The molecule has 2 aromatic heterocycles. The number of carbonyl (C=O) groups excluding carboxylic acids is 1. The molecule has 0 saturated carbocycles. The lowest BCUT2D eigenvalue weighted by molar-refractivity contribution is 0.0468. The maximum absolute atomic E-state index is 12.6. The Balaban J connectivity index is 1.52. The van der Waals surface area contributed by atoms with E-state index in [0.29, 0.717) is 22.7 Å². The number of benzene rings is 2. The summed E-state index contributed by atoms with van der Waals surface area (Å²) < 4.78 is 6.81. The Hall–Kier alpha value is -4.33. The third-order valence-corrected chi connectivity index (χ3v) is 4.46. The molecule has 0 saturated heterocycles. The first-order valence-electron chi connectivity index (χ1n) is 9.45. The van der Waals surface area contributed by atoms with Crippen molar-refractivity contribution < 1.29 is 14.6 Å². The molecule has 2 aromatic carbocycles. The summed E-state index contributed by atoms with van der Waals surface area (Å²) in [6.07, 6.45) is 1.70. The number of aromatic nitrogens is 2. The van der Waals surface area contributed by atoms with Gasteiger partial charge in [0.25, 0.3) is 5.56 Å². The molecule has 0 aliphatic rings. The van der Waals surface area contributed by atoms with Gasteiger partial charge in [-0.3, -0.25) is 9.20 Å². The third kappa shape index (κ3) is 4.64. The van der Waals surface area contributed by atoms with Gasteiger partial charge >= 0.3 is 5.97 Å². The number of aromatic hydroxyl groups is 1. The minimum atomic E-state index is -0.605. The highest BCUT2D eigenvalue weighted by Gasteiger charge is 2.13. The van der Waals surface area contributed by atoms with E-state index in [1.807, 2.05) is 13.0 Å². The molecule has 154 valence electrons. The molecular weight excluding hydrogens is 396 g/mol. The van der Waals surface area contributed by atoms with Crippen LogP contribution in [0.2, 0.25) is 0 Å². The van der Waals surface area contributed by atoms with Crippen LogP contribution in [0, 0.1) is 6.92 Å². The second-order valence-corrected chi connectivity index (χ2v) is 6.83. The molecule has 0 unspecified atom stereocenters. The van der Waals surface area contributed by atoms with Gasteiger partial charge in [0.15, 0.2) is 0 Å². The Labute approximate surface area is 177 Å². The van der Waals surface area contributed by atoms with Crippen molar-refractivity contribution in [2.45, 2.75) is 13.5 Å². The molecule has 8 heteroatoms. The zero-order valence-electron chi connectivity index (χ0n) is 16.6. The molecule has 0 spiro atoms. The van der Waals surface area contributed by atoms with E-state index in [2.05, 4.69) is 15.2 Å². The van der Waals surface area contributed by atoms with Crippen molar-refractivity contribution in [3.8, 4) is 5.75 Å². The van der Waals surface area contributed by atoms with Crippen molar-refractivity contribution in [3.05, 3.63) is 100 Å². The highest BCUT2D eigenvalue weighted by Crippen LogP contribution is 2.24. The predicted octanol–water partition coefficient (Wildman–Crippen LogP) is 4.48. The van der Waals surface area contributed by atoms with Crippen LogP contribution in [-0.2, 0) is 11.3 Å². The fourth-order valence-electron chi connectivity index (χ4n) is 2.91. The Kier molecular flexibility index (Phi) is 5.53. The maximum atomic E-state index is 12.6. The number of esters is 1. The number of fused-ring (bicyclic) bond motifs is 1. The van der Waals surface area contributed by atoms with E-state index in [-0.39, 0.29) is 23.5 Å². The summed E-state index contributed by atoms with van der Waals surface area (Å²) in [4.78, 5) is 29.3. The topological polar surface area (TPSA) is 106 Å². The largest absolute Gasteiger partial charge is 0.508 e. The first-order chi connectivity index (χ1) is 15.0. The molecule has 31 heavy (non-hydrogen) atoms. The van der Waals surface area contributed by atoms with Crippen molar-refractivity contribution in [1.82, 2.24) is 9.38 Å². The Morgan fingerprint density at radius 1 is 1.06 bits per heavy atom. The fraction of sp³-hybridized carbons (Fsp3) is 0.0870. The summed E-state index contributed by atoms with van der Waals surface area (Å²) in [5.74, 6) is -0.480. The summed E-state index contributed by atoms with van der Waals surface area (Å²) in [5, 5.41) is 17.5. The number of hydrogen-bond acceptors (Lipinski definition) is 7. The van der Waals surface area contributed by atoms with Gasteiger partial charge in [0.1, 0.15) is 23.7 Å². The van der Waals surface area contributed by atoms with Crippen molar-refractivity contribution in [1.29, 1.82) is 0 Å². The van der Waals surface area contributed by atoms with Gasteiger partial charge < -0.3 is 9.84 Å². The van der Waals surface area contributed by atoms with Gasteiger partial charge in [-0.2, -0.15) is 5.11 Å². The number of aryl methyl sites for hydroxylation is 1. The lowest BCUT2D eigenvalue weighted by atomic mass is 10.2. The third-order valence-electron chi connectivity index (χ3n) is 4.46. The van der Waals surface area contributed by atoms with E-state index in [0.717, 1.165) is 5.56 Å². The molecule has 4 aromatic rings. The normalized spacial score (nSPS) is 11.1. The van der Waals surface area contributed by atoms with E-state index in [9.17, 15) is 14.7 Å². The number of pyridine rings is 1. The number of rotatable bonds is 5. The van der Waals surface area contributed by atoms with E-state index in [1.165, 1.54) is 22.6 Å². The second kappa shape index (κ2) is 8.58. The molecule has 1 N–H and O–H groups in total. The van der Waals surface area contributed by atoms with Crippen LogP contribution >= 0.6 is 0 Å². The summed E-state index contributed by atoms with van der Waals surface area (Å²) in [6, 6.07) is 17.8. The number of nitrogens with zero attached hydrogens (tertiary/aromatic N) is 4. The van der Waals surface area contributed by atoms with Crippen LogP contribution in [0.5, 0.6) is 5.75 Å². The molecule has 2 heterocycles. The molecular formula is C23H18N4O4. The summed E-state index contributed by atoms with van der Waals surface area (Å²) in [5.41, 5.74) is 2.62. The molecule has 8 nitrogen and oxygen atoms in total. The molecule has 0 radical (unpaired) electrons. The van der Waals surface area contributed by atoms with Crippen LogP contribution in [0.4, 0.5) is 11.4 Å². The highest BCUT2D eigenvalue weighted by molar-refractivity contribution is 5.94. The van der Waals surface area contributed by atoms with Crippen LogP contribution < -0.4 is 5.56 Å². The SMILES string of the molecule is Cc1ccc2nc(COC(=O)c3ccccc3N=Nc3ccc(O)cc3)cc(=O)n2c1. The standard InChI is InChI=1S/C23H18N4O4/c1-15-6-11-21-24-17(12-22(29)27(21)13-15)14-31-23(30)19-4-2-3-5-20(19)26-25-16-7-9-18(28)10-8-16/h2-13,28H,14H2,1H3. The van der Waals surface area contributed by atoms with E-state index < -0.39 is 5.97 Å². The van der Waals surface area contributed by atoms with Crippen molar-refractivity contribution >= 4 is 23.0 Å². The number of phenols is 1. The van der Waals surface area contributed by atoms with E-state index >= 15 is 0 Å². The molecule has 0 aliphatic heterocycles. The second-order valence-electron chi connectivity index (χ2n) is 6.83. The average molecular weight is 414 g/mol. The van der Waals surface area contributed by atoms with Crippen molar-refractivity contribution in [3.63, 3.8) is 0 Å². The minimum absolute atomic E-state index is 0.125. The first kappa shape index (κ1) is 20.0. The quantitative estimate of drug-likeness (QED) is 0.383. The van der Waals surface area contributed by atoms with Crippen LogP contribution in [0.1, 0.15) is 21.6 Å². The highest BCUT2D eigenvalue weighted by atomic mass is 16.5. The average Bonchev–Trinajstić information content (AvgIpc) is 2.78. The monoisotopic (exact) mass is 414 g/mol. The van der Waals surface area contributed by atoms with Crippen LogP contribution in [0.3, 0.4) is 0 Å². The van der Waals surface area contributed by atoms with Gasteiger partial charge in [0.05, 0.1) is 16.9 Å². The Morgan fingerprint density at radius 3 is 2.65 bits per heavy atom. The maximum Gasteiger partial charge on any atom is 0.340 e. The van der Waals surface area contributed by atoms with Crippen molar-refractivity contribution in [2.24, 2.45) is 10.2 Å². The molecule has 0 atom stereocenters. The lowest BCUT2D eigenvalue weighted by Crippen LogP contribution is -2.17. The summed E-state index contributed by atoms with van der Waals surface area (Å²) >= 11 is 0.